The van der Waals surface area contributed by atoms with E-state index in [1.165, 1.54) is 0 Å². The molecule has 3 heteroatoms. The van der Waals surface area contributed by atoms with E-state index in [1.807, 2.05) is 44.2 Å². The van der Waals surface area contributed by atoms with Crippen molar-refractivity contribution in [2.75, 3.05) is 0 Å². The molecule has 0 saturated heterocycles. The maximum absolute atomic E-state index is 12.6. The number of hydrogen-bond acceptors (Lipinski definition) is 1. The van der Waals surface area contributed by atoms with Gasteiger partial charge in [-0.3, -0.25) is 4.79 Å². The molecule has 20 heavy (non-hydrogen) atoms. The SMILES string of the molecule is Cc1cc(Cl)cc(C(=O)c2c[nH]c3cc(C)ccc23)c1. The second-order valence-electron chi connectivity index (χ2n) is 5.10. The zero-order valence-corrected chi connectivity index (χ0v) is 12.1. The van der Waals surface area contributed by atoms with Crippen molar-refractivity contribution in [1.82, 2.24) is 4.98 Å². The van der Waals surface area contributed by atoms with Crippen LogP contribution in [0.3, 0.4) is 0 Å². The fourth-order valence-corrected chi connectivity index (χ4v) is 2.74. The molecule has 1 heterocycles. The van der Waals surface area contributed by atoms with E-state index in [1.54, 1.807) is 12.3 Å². The van der Waals surface area contributed by atoms with Gasteiger partial charge in [0, 0.05) is 33.2 Å². The van der Waals surface area contributed by atoms with E-state index in [-0.39, 0.29) is 5.78 Å². The third kappa shape index (κ3) is 2.23. The van der Waals surface area contributed by atoms with Gasteiger partial charge in [-0.15, -0.1) is 0 Å². The molecule has 2 aromatic carbocycles. The summed E-state index contributed by atoms with van der Waals surface area (Å²) in [5.74, 6) is -0.00861. The summed E-state index contributed by atoms with van der Waals surface area (Å²) in [6.45, 7) is 3.96. The number of nitrogens with one attached hydrogen (secondary N) is 1. The van der Waals surface area contributed by atoms with Crippen molar-refractivity contribution in [1.29, 1.82) is 0 Å². The molecular formula is C17H14ClNO. The molecule has 3 rings (SSSR count). The zero-order valence-electron chi connectivity index (χ0n) is 11.3. The molecular weight excluding hydrogens is 270 g/mol. The predicted molar refractivity (Wildman–Crippen MR) is 82.7 cm³/mol. The minimum absolute atomic E-state index is 0.00861. The number of aromatic amines is 1. The lowest BCUT2D eigenvalue weighted by atomic mass is 10.0. The molecule has 1 aromatic heterocycles. The molecule has 2 nitrogen and oxygen atoms in total. The number of carbonyl (C=O) groups is 1. The van der Waals surface area contributed by atoms with Crippen LogP contribution in [-0.4, -0.2) is 10.8 Å². The number of aromatic nitrogens is 1. The van der Waals surface area contributed by atoms with E-state index in [9.17, 15) is 4.79 Å². The van der Waals surface area contributed by atoms with E-state index < -0.39 is 0 Å². The van der Waals surface area contributed by atoms with Gasteiger partial charge in [0.25, 0.3) is 0 Å². The van der Waals surface area contributed by atoms with Gasteiger partial charge in [-0.05, 0) is 49.2 Å². The second kappa shape index (κ2) is 4.80. The van der Waals surface area contributed by atoms with Crippen LogP contribution in [0, 0.1) is 13.8 Å². The van der Waals surface area contributed by atoms with Crippen LogP contribution in [0.5, 0.6) is 0 Å². The summed E-state index contributed by atoms with van der Waals surface area (Å²) in [4.78, 5) is 15.8. The van der Waals surface area contributed by atoms with Gasteiger partial charge in [0.2, 0.25) is 0 Å². The normalized spacial score (nSPS) is 10.9. The van der Waals surface area contributed by atoms with E-state index in [0.29, 0.717) is 16.1 Å². The smallest absolute Gasteiger partial charge is 0.195 e. The Labute approximate surface area is 122 Å². The molecule has 0 saturated carbocycles. The van der Waals surface area contributed by atoms with Crippen LogP contribution in [0.4, 0.5) is 0 Å². The summed E-state index contributed by atoms with van der Waals surface area (Å²) in [5.41, 5.74) is 4.43. The fraction of sp³-hybridized carbons (Fsp3) is 0.118. The van der Waals surface area contributed by atoms with Crippen LogP contribution < -0.4 is 0 Å². The van der Waals surface area contributed by atoms with Gasteiger partial charge >= 0.3 is 0 Å². The molecule has 3 aromatic rings. The molecule has 0 unspecified atom stereocenters. The summed E-state index contributed by atoms with van der Waals surface area (Å²) >= 11 is 6.03. The summed E-state index contributed by atoms with van der Waals surface area (Å²) in [7, 11) is 0. The number of rotatable bonds is 2. The second-order valence-corrected chi connectivity index (χ2v) is 5.53. The van der Waals surface area contributed by atoms with Crippen molar-refractivity contribution in [3.63, 3.8) is 0 Å². The standard InChI is InChI=1S/C17H14ClNO/c1-10-3-4-14-15(9-19-16(14)7-10)17(20)12-5-11(2)6-13(18)8-12/h3-9,19H,1-2H3. The first-order valence-corrected chi connectivity index (χ1v) is 6.82. The van der Waals surface area contributed by atoms with Gasteiger partial charge in [-0.2, -0.15) is 0 Å². The molecule has 0 amide bonds. The van der Waals surface area contributed by atoms with Crippen molar-refractivity contribution in [2.24, 2.45) is 0 Å². The van der Waals surface area contributed by atoms with Crippen LogP contribution in [0.15, 0.2) is 42.6 Å². The third-order valence-electron chi connectivity index (χ3n) is 3.39. The van der Waals surface area contributed by atoms with Gasteiger partial charge in [-0.25, -0.2) is 0 Å². The summed E-state index contributed by atoms with van der Waals surface area (Å²) in [5, 5.41) is 1.53. The van der Waals surface area contributed by atoms with Gasteiger partial charge < -0.3 is 4.98 Å². The monoisotopic (exact) mass is 283 g/mol. The van der Waals surface area contributed by atoms with Crippen molar-refractivity contribution in [3.05, 3.63) is 69.9 Å². The maximum Gasteiger partial charge on any atom is 0.195 e. The largest absolute Gasteiger partial charge is 0.360 e. The first-order chi connectivity index (χ1) is 9.54. The lowest BCUT2D eigenvalue weighted by Gasteiger charge is -2.03. The summed E-state index contributed by atoms with van der Waals surface area (Å²) in [6.07, 6.45) is 1.77. The Bertz CT molecular complexity index is 797. The lowest BCUT2D eigenvalue weighted by molar-refractivity contribution is 0.104. The third-order valence-corrected chi connectivity index (χ3v) is 3.60. The minimum Gasteiger partial charge on any atom is -0.360 e. The number of ketones is 1. The van der Waals surface area contributed by atoms with Gasteiger partial charge in [0.05, 0.1) is 0 Å². The predicted octanol–water partition coefficient (Wildman–Crippen LogP) is 4.67. The van der Waals surface area contributed by atoms with E-state index >= 15 is 0 Å². The van der Waals surface area contributed by atoms with Gasteiger partial charge in [0.1, 0.15) is 0 Å². The number of H-pyrrole nitrogens is 1. The Balaban J connectivity index is 2.12. The quantitative estimate of drug-likeness (QED) is 0.681. The molecule has 0 spiro atoms. The molecule has 0 atom stereocenters. The maximum atomic E-state index is 12.6. The number of fused-ring (bicyclic) bond motifs is 1. The zero-order chi connectivity index (χ0) is 14.3. The highest BCUT2D eigenvalue weighted by atomic mass is 35.5. The highest BCUT2D eigenvalue weighted by Crippen LogP contribution is 2.24. The van der Waals surface area contributed by atoms with Crippen molar-refractivity contribution in [2.45, 2.75) is 13.8 Å². The fourth-order valence-electron chi connectivity index (χ4n) is 2.45. The minimum atomic E-state index is -0.00861. The van der Waals surface area contributed by atoms with Crippen molar-refractivity contribution >= 4 is 28.3 Å². The molecule has 0 aliphatic carbocycles. The Morgan fingerprint density at radius 3 is 2.60 bits per heavy atom. The highest BCUT2D eigenvalue weighted by molar-refractivity contribution is 6.31. The summed E-state index contributed by atoms with van der Waals surface area (Å²) in [6, 6.07) is 11.4. The molecule has 0 aliphatic rings. The first kappa shape index (κ1) is 12.9. The number of hydrogen-bond donors (Lipinski definition) is 1. The number of halogens is 1. The van der Waals surface area contributed by atoms with E-state index in [2.05, 4.69) is 4.98 Å². The lowest BCUT2D eigenvalue weighted by Crippen LogP contribution is -2.00. The number of carbonyl (C=O) groups excluding carboxylic acids is 1. The van der Waals surface area contributed by atoms with Crippen LogP contribution in [-0.2, 0) is 0 Å². The highest BCUT2D eigenvalue weighted by Gasteiger charge is 2.15. The molecule has 100 valence electrons. The Kier molecular flexibility index (Phi) is 3.11. The average molecular weight is 284 g/mol. The molecule has 0 fully saturated rings. The van der Waals surface area contributed by atoms with Gasteiger partial charge in [0.15, 0.2) is 5.78 Å². The van der Waals surface area contributed by atoms with Gasteiger partial charge in [-0.1, -0.05) is 23.7 Å². The molecule has 0 aliphatic heterocycles. The van der Waals surface area contributed by atoms with Crippen molar-refractivity contribution in [3.8, 4) is 0 Å². The van der Waals surface area contributed by atoms with Crippen molar-refractivity contribution < 1.29 is 4.79 Å². The average Bonchev–Trinajstić information content (AvgIpc) is 2.79. The van der Waals surface area contributed by atoms with Crippen LogP contribution >= 0.6 is 11.6 Å². The molecule has 1 N–H and O–H groups in total. The van der Waals surface area contributed by atoms with Crippen LogP contribution in [0.25, 0.3) is 10.9 Å². The molecule has 0 radical (unpaired) electrons. The number of aryl methyl sites for hydroxylation is 2. The van der Waals surface area contributed by atoms with Crippen LogP contribution in [0.2, 0.25) is 5.02 Å². The Morgan fingerprint density at radius 2 is 1.85 bits per heavy atom. The summed E-state index contributed by atoms with van der Waals surface area (Å²) < 4.78 is 0. The van der Waals surface area contributed by atoms with E-state index in [0.717, 1.165) is 22.0 Å². The topological polar surface area (TPSA) is 32.9 Å². The van der Waals surface area contributed by atoms with E-state index in [4.69, 9.17) is 11.6 Å². The Hall–Kier alpha value is -2.06. The van der Waals surface area contributed by atoms with Crippen LogP contribution in [0.1, 0.15) is 27.0 Å². The first-order valence-electron chi connectivity index (χ1n) is 6.44. The number of benzene rings is 2. The molecule has 0 bridgehead atoms. The Morgan fingerprint density at radius 1 is 1.05 bits per heavy atom.